The molecule has 0 saturated carbocycles. The quantitative estimate of drug-likeness (QED) is 0.773. The standard InChI is InChI=1S/C11H12ClNO4/c1-3-16-10(14)8-5-7(12)6-9(13-8)11(15)17-4-2/h5-6H,3-4H2,1-2H3. The number of halogens is 1. The van der Waals surface area contributed by atoms with Crippen molar-refractivity contribution in [3.8, 4) is 0 Å². The van der Waals surface area contributed by atoms with Crippen LogP contribution in [0.3, 0.4) is 0 Å². The molecule has 0 amide bonds. The molecule has 1 heterocycles. The van der Waals surface area contributed by atoms with Crippen LogP contribution in [0.5, 0.6) is 0 Å². The summed E-state index contributed by atoms with van der Waals surface area (Å²) in [7, 11) is 0. The Kier molecular flexibility index (Phi) is 4.90. The minimum Gasteiger partial charge on any atom is -0.461 e. The van der Waals surface area contributed by atoms with Crippen LogP contribution in [0.2, 0.25) is 5.02 Å². The van der Waals surface area contributed by atoms with Gasteiger partial charge in [-0.1, -0.05) is 11.6 Å². The van der Waals surface area contributed by atoms with E-state index in [0.29, 0.717) is 0 Å². The Hall–Kier alpha value is -1.62. The molecule has 1 rings (SSSR count). The van der Waals surface area contributed by atoms with Crippen molar-refractivity contribution in [1.29, 1.82) is 0 Å². The van der Waals surface area contributed by atoms with Gasteiger partial charge in [-0.3, -0.25) is 0 Å². The highest BCUT2D eigenvalue weighted by Gasteiger charge is 2.15. The molecule has 5 nitrogen and oxygen atoms in total. The summed E-state index contributed by atoms with van der Waals surface area (Å²) in [4.78, 5) is 26.7. The number of carbonyl (C=O) groups is 2. The predicted molar refractivity (Wildman–Crippen MR) is 61.2 cm³/mol. The Balaban J connectivity index is 3.01. The normalized spacial score (nSPS) is 9.82. The van der Waals surface area contributed by atoms with E-state index in [1.807, 2.05) is 0 Å². The first-order chi connectivity index (χ1) is 8.08. The lowest BCUT2D eigenvalue weighted by molar-refractivity contribution is 0.0511. The van der Waals surface area contributed by atoms with E-state index in [-0.39, 0.29) is 29.6 Å². The second-order valence-corrected chi connectivity index (χ2v) is 3.43. The predicted octanol–water partition coefficient (Wildman–Crippen LogP) is 2.09. The maximum Gasteiger partial charge on any atom is 0.356 e. The number of hydrogen-bond donors (Lipinski definition) is 0. The molecule has 0 unspecified atom stereocenters. The van der Waals surface area contributed by atoms with E-state index in [1.54, 1.807) is 13.8 Å². The summed E-state index contributed by atoms with van der Waals surface area (Å²) in [6.07, 6.45) is 0. The molecule has 0 radical (unpaired) electrons. The average Bonchev–Trinajstić information content (AvgIpc) is 2.29. The molecule has 0 N–H and O–H groups in total. The number of ether oxygens (including phenoxy) is 2. The SMILES string of the molecule is CCOC(=O)c1cc(Cl)cc(C(=O)OCC)n1. The Bertz CT molecular complexity index is 397. The van der Waals surface area contributed by atoms with Gasteiger partial charge in [0.15, 0.2) is 11.4 Å². The van der Waals surface area contributed by atoms with Crippen LogP contribution < -0.4 is 0 Å². The van der Waals surface area contributed by atoms with E-state index in [0.717, 1.165) is 0 Å². The van der Waals surface area contributed by atoms with Crippen LogP contribution in [0.1, 0.15) is 34.8 Å². The Labute approximate surface area is 104 Å². The smallest absolute Gasteiger partial charge is 0.356 e. The molecule has 0 bridgehead atoms. The van der Waals surface area contributed by atoms with Gasteiger partial charge in [0.25, 0.3) is 0 Å². The average molecular weight is 258 g/mol. The number of pyridine rings is 1. The zero-order valence-corrected chi connectivity index (χ0v) is 10.3. The summed E-state index contributed by atoms with van der Waals surface area (Å²) >= 11 is 5.78. The second kappa shape index (κ2) is 6.20. The number of esters is 2. The third kappa shape index (κ3) is 3.71. The van der Waals surface area contributed by atoms with Crippen molar-refractivity contribution in [1.82, 2.24) is 4.98 Å². The number of nitrogens with zero attached hydrogens (tertiary/aromatic N) is 1. The van der Waals surface area contributed by atoms with Crippen molar-refractivity contribution < 1.29 is 19.1 Å². The monoisotopic (exact) mass is 257 g/mol. The molecule has 0 saturated heterocycles. The van der Waals surface area contributed by atoms with Crippen molar-refractivity contribution in [2.24, 2.45) is 0 Å². The minimum absolute atomic E-state index is 0.0117. The maximum atomic E-state index is 11.4. The van der Waals surface area contributed by atoms with Crippen LogP contribution in [0.4, 0.5) is 0 Å². The highest BCUT2D eigenvalue weighted by atomic mass is 35.5. The number of rotatable bonds is 4. The largest absolute Gasteiger partial charge is 0.461 e. The first kappa shape index (κ1) is 13.4. The van der Waals surface area contributed by atoms with Crippen LogP contribution in [-0.4, -0.2) is 30.1 Å². The number of aromatic nitrogens is 1. The zero-order chi connectivity index (χ0) is 12.8. The summed E-state index contributed by atoms with van der Waals surface area (Å²) in [6.45, 7) is 3.80. The van der Waals surface area contributed by atoms with Crippen LogP contribution in [-0.2, 0) is 9.47 Å². The summed E-state index contributed by atoms with van der Waals surface area (Å²) < 4.78 is 9.53. The van der Waals surface area contributed by atoms with E-state index in [1.165, 1.54) is 12.1 Å². The summed E-state index contributed by atoms with van der Waals surface area (Å²) in [5.41, 5.74) is -0.0233. The van der Waals surface area contributed by atoms with Gasteiger partial charge < -0.3 is 9.47 Å². The fourth-order valence-electron chi connectivity index (χ4n) is 1.12. The molecule has 6 heteroatoms. The molecule has 0 aromatic carbocycles. The molecule has 0 aliphatic rings. The van der Waals surface area contributed by atoms with Crippen LogP contribution in [0, 0.1) is 0 Å². The maximum absolute atomic E-state index is 11.4. The Morgan fingerprint density at radius 1 is 1.12 bits per heavy atom. The van der Waals surface area contributed by atoms with Crippen molar-refractivity contribution in [3.63, 3.8) is 0 Å². The van der Waals surface area contributed by atoms with Gasteiger partial charge >= 0.3 is 11.9 Å². The first-order valence-electron chi connectivity index (χ1n) is 5.10. The van der Waals surface area contributed by atoms with Crippen molar-refractivity contribution >= 4 is 23.5 Å². The molecule has 1 aromatic rings. The molecule has 92 valence electrons. The van der Waals surface area contributed by atoms with Gasteiger partial charge in [-0.15, -0.1) is 0 Å². The number of hydrogen-bond acceptors (Lipinski definition) is 5. The van der Waals surface area contributed by atoms with Gasteiger partial charge in [-0.25, -0.2) is 14.6 Å². The van der Waals surface area contributed by atoms with E-state index >= 15 is 0 Å². The third-order valence-electron chi connectivity index (χ3n) is 1.76. The van der Waals surface area contributed by atoms with E-state index in [9.17, 15) is 9.59 Å². The lowest BCUT2D eigenvalue weighted by Gasteiger charge is -2.05. The van der Waals surface area contributed by atoms with Crippen LogP contribution >= 0.6 is 11.6 Å². The lowest BCUT2D eigenvalue weighted by atomic mass is 10.3. The molecular formula is C11H12ClNO4. The highest BCUT2D eigenvalue weighted by Crippen LogP contribution is 2.13. The second-order valence-electron chi connectivity index (χ2n) is 3.00. The van der Waals surface area contributed by atoms with Gasteiger partial charge in [0.2, 0.25) is 0 Å². The fraction of sp³-hybridized carbons (Fsp3) is 0.364. The van der Waals surface area contributed by atoms with Gasteiger partial charge in [0.05, 0.1) is 13.2 Å². The summed E-state index contributed by atoms with van der Waals surface area (Å²) in [5.74, 6) is -1.25. The van der Waals surface area contributed by atoms with E-state index in [4.69, 9.17) is 21.1 Å². The van der Waals surface area contributed by atoms with Crippen LogP contribution in [0.15, 0.2) is 12.1 Å². The lowest BCUT2D eigenvalue weighted by Crippen LogP contribution is -2.12. The van der Waals surface area contributed by atoms with E-state index in [2.05, 4.69) is 4.98 Å². The topological polar surface area (TPSA) is 65.5 Å². The fourth-order valence-corrected chi connectivity index (χ4v) is 1.32. The molecule has 0 spiro atoms. The first-order valence-corrected chi connectivity index (χ1v) is 5.48. The van der Waals surface area contributed by atoms with Crippen molar-refractivity contribution in [3.05, 3.63) is 28.5 Å². The molecule has 17 heavy (non-hydrogen) atoms. The molecule has 1 aromatic heterocycles. The van der Waals surface area contributed by atoms with Gasteiger partial charge in [0, 0.05) is 5.02 Å². The van der Waals surface area contributed by atoms with Crippen molar-refractivity contribution in [2.75, 3.05) is 13.2 Å². The van der Waals surface area contributed by atoms with Crippen LogP contribution in [0.25, 0.3) is 0 Å². The van der Waals surface area contributed by atoms with E-state index < -0.39 is 11.9 Å². The van der Waals surface area contributed by atoms with Gasteiger partial charge in [0.1, 0.15) is 0 Å². The molecule has 0 fully saturated rings. The van der Waals surface area contributed by atoms with Gasteiger partial charge in [-0.05, 0) is 26.0 Å². The van der Waals surface area contributed by atoms with Crippen molar-refractivity contribution in [2.45, 2.75) is 13.8 Å². The molecule has 0 atom stereocenters. The third-order valence-corrected chi connectivity index (χ3v) is 1.98. The Morgan fingerprint density at radius 3 is 1.88 bits per heavy atom. The molecular weight excluding hydrogens is 246 g/mol. The number of carbonyl (C=O) groups excluding carboxylic acids is 2. The van der Waals surface area contributed by atoms with Gasteiger partial charge in [-0.2, -0.15) is 0 Å². The summed E-state index contributed by atoms with van der Waals surface area (Å²) in [6, 6.07) is 2.67. The zero-order valence-electron chi connectivity index (χ0n) is 9.53. The minimum atomic E-state index is -0.624. The molecule has 0 aliphatic heterocycles. The summed E-state index contributed by atoms with van der Waals surface area (Å²) in [5, 5.41) is 0.228. The Morgan fingerprint density at radius 2 is 1.53 bits per heavy atom. The highest BCUT2D eigenvalue weighted by molar-refractivity contribution is 6.31. The molecule has 0 aliphatic carbocycles.